The number of fused-ring (bicyclic) bond motifs is 5. The first-order valence-electron chi connectivity index (χ1n) is 8.72. The van der Waals surface area contributed by atoms with Crippen LogP contribution in [0.2, 0.25) is 0 Å². The molecule has 0 spiro atoms. The Morgan fingerprint density at radius 1 is 1.21 bits per heavy atom. The van der Waals surface area contributed by atoms with Gasteiger partial charge in [0, 0.05) is 16.5 Å². The summed E-state index contributed by atoms with van der Waals surface area (Å²) in [5, 5.41) is 21.3. The molecule has 2 aromatic heterocycles. The van der Waals surface area contributed by atoms with E-state index < -0.39 is 11.6 Å². The summed E-state index contributed by atoms with van der Waals surface area (Å²) in [4.78, 5) is 29.8. The molecular formula is C20H18N2Na2O5. The number of pyridine rings is 2. The predicted octanol–water partition coefficient (Wildman–Crippen LogP) is 0.488. The SMILES string of the molecule is CCC1(O)C(=O)OCc2c1cc1n(c2=O)Cc2cc3cc(O)ccc3nc2-1.[NaH].[NaH]. The molecule has 0 aliphatic carbocycles. The van der Waals surface area contributed by atoms with Crippen molar-refractivity contribution >= 4 is 76.0 Å². The van der Waals surface area contributed by atoms with Crippen LogP contribution < -0.4 is 5.56 Å². The number of cyclic esters (lactones) is 1. The van der Waals surface area contributed by atoms with E-state index in [1.165, 1.54) is 0 Å². The van der Waals surface area contributed by atoms with Crippen LogP contribution in [0.5, 0.6) is 5.75 Å². The van der Waals surface area contributed by atoms with Gasteiger partial charge >= 0.3 is 65.1 Å². The van der Waals surface area contributed by atoms with E-state index in [4.69, 9.17) is 4.74 Å². The van der Waals surface area contributed by atoms with Crippen LogP contribution in [0.3, 0.4) is 0 Å². The molecule has 9 heteroatoms. The summed E-state index contributed by atoms with van der Waals surface area (Å²) in [5.74, 6) is -0.585. The maximum atomic E-state index is 13.0. The zero-order chi connectivity index (χ0) is 18.9. The zero-order valence-electron chi connectivity index (χ0n) is 14.5. The zero-order valence-corrected chi connectivity index (χ0v) is 14.5. The third kappa shape index (κ3) is 3.20. The summed E-state index contributed by atoms with van der Waals surface area (Å²) < 4.78 is 6.65. The fourth-order valence-electron chi connectivity index (χ4n) is 3.97. The number of nitrogens with zero attached hydrogens (tertiary/aromatic N) is 2. The number of benzene rings is 1. The number of hydrogen-bond acceptors (Lipinski definition) is 6. The fraction of sp³-hybridized carbons (Fsp3) is 0.250. The second-order valence-electron chi connectivity index (χ2n) is 6.98. The Kier molecular flexibility index (Phi) is 6.06. The van der Waals surface area contributed by atoms with Gasteiger partial charge in [-0.05, 0) is 36.8 Å². The van der Waals surface area contributed by atoms with E-state index >= 15 is 0 Å². The van der Waals surface area contributed by atoms with Gasteiger partial charge in [-0.15, -0.1) is 0 Å². The average Bonchev–Trinajstić information content (AvgIpc) is 3.01. The van der Waals surface area contributed by atoms with Gasteiger partial charge in [-0.3, -0.25) is 4.79 Å². The standard InChI is InChI=1S/C20H16N2O5.2Na.2H/c1-2-20(26)14-7-16-17-11(5-10-6-12(23)3-4-15(10)21-17)8-22(16)18(24)13(14)9-27-19(20)25;;;;/h3-7,23,26H,2,8-9H2,1H3;;;;. The number of carbonyl (C=O) groups is 1. The molecule has 7 nitrogen and oxygen atoms in total. The van der Waals surface area contributed by atoms with Crippen molar-refractivity contribution in [1.29, 1.82) is 0 Å². The van der Waals surface area contributed by atoms with E-state index in [2.05, 4.69) is 4.98 Å². The van der Waals surface area contributed by atoms with Crippen LogP contribution in [0.4, 0.5) is 0 Å². The number of aliphatic hydroxyl groups is 1. The molecule has 140 valence electrons. The number of phenolic OH excluding ortho intramolecular Hbond substituents is 1. The van der Waals surface area contributed by atoms with E-state index in [0.717, 1.165) is 10.9 Å². The number of phenols is 1. The number of aromatic nitrogens is 2. The van der Waals surface area contributed by atoms with Crippen molar-refractivity contribution in [3.8, 4) is 17.1 Å². The molecule has 0 saturated carbocycles. The van der Waals surface area contributed by atoms with Crippen LogP contribution in [-0.4, -0.2) is 84.8 Å². The fourth-order valence-corrected chi connectivity index (χ4v) is 3.97. The number of rotatable bonds is 1. The molecule has 2 aliphatic heterocycles. The first-order valence-corrected chi connectivity index (χ1v) is 8.72. The summed E-state index contributed by atoms with van der Waals surface area (Å²) >= 11 is 0. The minimum atomic E-state index is -1.83. The Morgan fingerprint density at radius 3 is 2.69 bits per heavy atom. The number of carbonyl (C=O) groups excluding carboxylic acids is 1. The minimum absolute atomic E-state index is 0. The first kappa shape index (κ1) is 22.5. The van der Waals surface area contributed by atoms with E-state index in [0.29, 0.717) is 34.6 Å². The number of ether oxygens (including phenoxy) is 1. The molecular weight excluding hydrogens is 394 g/mol. The van der Waals surface area contributed by atoms with Crippen molar-refractivity contribution in [2.45, 2.75) is 32.1 Å². The maximum absolute atomic E-state index is 13.0. The van der Waals surface area contributed by atoms with Crippen molar-refractivity contribution in [2.24, 2.45) is 0 Å². The van der Waals surface area contributed by atoms with Gasteiger partial charge in [0.05, 0.1) is 29.0 Å². The third-order valence-electron chi connectivity index (χ3n) is 5.49. The normalized spacial score (nSPS) is 18.8. The van der Waals surface area contributed by atoms with Crippen molar-refractivity contribution in [3.63, 3.8) is 0 Å². The number of hydrogen-bond donors (Lipinski definition) is 2. The first-order chi connectivity index (χ1) is 12.9. The van der Waals surface area contributed by atoms with Gasteiger partial charge in [-0.2, -0.15) is 0 Å². The van der Waals surface area contributed by atoms with Crippen LogP contribution in [-0.2, 0) is 28.3 Å². The van der Waals surface area contributed by atoms with Crippen LogP contribution in [0.1, 0.15) is 30.0 Å². The quantitative estimate of drug-likeness (QED) is 0.349. The van der Waals surface area contributed by atoms with Crippen LogP contribution >= 0.6 is 0 Å². The van der Waals surface area contributed by atoms with E-state index in [9.17, 15) is 19.8 Å². The number of aromatic hydroxyl groups is 1. The molecule has 1 unspecified atom stereocenters. The van der Waals surface area contributed by atoms with Crippen molar-refractivity contribution in [1.82, 2.24) is 9.55 Å². The molecule has 0 bridgehead atoms. The van der Waals surface area contributed by atoms with Gasteiger partial charge in [-0.1, -0.05) is 6.92 Å². The number of esters is 1. The summed E-state index contributed by atoms with van der Waals surface area (Å²) in [6.07, 6.45) is 0.110. The molecule has 1 aromatic carbocycles. The van der Waals surface area contributed by atoms with Gasteiger partial charge < -0.3 is 19.5 Å². The third-order valence-corrected chi connectivity index (χ3v) is 5.49. The van der Waals surface area contributed by atoms with Gasteiger partial charge in [0.1, 0.15) is 12.4 Å². The van der Waals surface area contributed by atoms with Gasteiger partial charge in [-0.25, -0.2) is 9.78 Å². The van der Waals surface area contributed by atoms with Crippen molar-refractivity contribution < 1.29 is 19.7 Å². The molecule has 0 saturated heterocycles. The summed E-state index contributed by atoms with van der Waals surface area (Å²) in [6.45, 7) is 1.87. The Labute approximate surface area is 210 Å². The molecule has 5 rings (SSSR count). The molecule has 29 heavy (non-hydrogen) atoms. The topological polar surface area (TPSA) is 102 Å². The van der Waals surface area contributed by atoms with Crippen LogP contribution in [0.15, 0.2) is 35.1 Å². The van der Waals surface area contributed by atoms with E-state index in [1.807, 2.05) is 6.07 Å². The summed E-state index contributed by atoms with van der Waals surface area (Å²) in [6, 6.07) is 8.48. The van der Waals surface area contributed by atoms with Crippen LogP contribution in [0, 0.1) is 0 Å². The van der Waals surface area contributed by atoms with E-state index in [1.54, 1.807) is 35.8 Å². The predicted molar refractivity (Wildman–Crippen MR) is 110 cm³/mol. The molecule has 2 N–H and O–H groups in total. The summed E-state index contributed by atoms with van der Waals surface area (Å²) in [7, 11) is 0. The Balaban J connectivity index is 0.00000120. The Hall–Kier alpha value is -1.19. The Bertz CT molecular complexity index is 1220. The van der Waals surface area contributed by atoms with Crippen molar-refractivity contribution in [3.05, 3.63) is 57.4 Å². The van der Waals surface area contributed by atoms with Crippen molar-refractivity contribution in [2.75, 3.05) is 0 Å². The van der Waals surface area contributed by atoms with Gasteiger partial charge in [0.2, 0.25) is 0 Å². The van der Waals surface area contributed by atoms with E-state index in [-0.39, 0.29) is 83.5 Å². The van der Waals surface area contributed by atoms with Crippen LogP contribution in [0.25, 0.3) is 22.3 Å². The molecule has 1 atom stereocenters. The average molecular weight is 412 g/mol. The molecule has 0 amide bonds. The second-order valence-corrected chi connectivity index (χ2v) is 6.98. The molecule has 3 aromatic rings. The Morgan fingerprint density at radius 2 is 1.97 bits per heavy atom. The molecule has 0 fully saturated rings. The molecule has 0 radical (unpaired) electrons. The molecule has 2 aliphatic rings. The monoisotopic (exact) mass is 412 g/mol. The van der Waals surface area contributed by atoms with Gasteiger partial charge in [0.15, 0.2) is 5.60 Å². The molecule has 4 heterocycles. The second kappa shape index (κ2) is 7.81. The summed E-state index contributed by atoms with van der Waals surface area (Å²) in [5.41, 5.74) is 1.25. The van der Waals surface area contributed by atoms with Gasteiger partial charge in [0.25, 0.3) is 5.56 Å².